The zero-order valence-electron chi connectivity index (χ0n) is 8.88. The zero-order valence-corrected chi connectivity index (χ0v) is 10.4. The fraction of sp³-hybridized carbons (Fsp3) is 0.0769. The Morgan fingerprint density at radius 1 is 1.00 bits per heavy atom. The fourth-order valence-electron chi connectivity index (χ4n) is 1.43. The molecule has 0 bridgehead atoms. The Kier molecular flexibility index (Phi) is 3.87. The highest BCUT2D eigenvalue weighted by Crippen LogP contribution is 2.25. The molecule has 0 radical (unpaired) electrons. The molecule has 2 rings (SSSR count). The summed E-state index contributed by atoms with van der Waals surface area (Å²) in [4.78, 5) is 0. The molecule has 2 aromatic rings. The summed E-state index contributed by atoms with van der Waals surface area (Å²) in [6.07, 6.45) is 0. The Balaban J connectivity index is 2.04. The number of benzene rings is 2. The Morgan fingerprint density at radius 3 is 2.35 bits per heavy atom. The number of anilines is 1. The molecule has 1 nitrogen and oxygen atoms in total. The van der Waals surface area contributed by atoms with Gasteiger partial charge in [0, 0.05) is 11.6 Å². The number of hydrogen-bond donors (Lipinski definition) is 1. The van der Waals surface area contributed by atoms with E-state index in [9.17, 15) is 4.39 Å². The van der Waals surface area contributed by atoms with Gasteiger partial charge in [0.05, 0.1) is 10.7 Å². The molecule has 17 heavy (non-hydrogen) atoms. The summed E-state index contributed by atoms with van der Waals surface area (Å²) >= 11 is 11.8. The number of rotatable bonds is 3. The molecule has 0 heterocycles. The van der Waals surface area contributed by atoms with Crippen molar-refractivity contribution in [2.45, 2.75) is 6.54 Å². The summed E-state index contributed by atoms with van der Waals surface area (Å²) in [7, 11) is 0. The number of nitrogens with one attached hydrogen (secondary N) is 1. The van der Waals surface area contributed by atoms with E-state index in [0.717, 1.165) is 11.3 Å². The van der Waals surface area contributed by atoms with Crippen LogP contribution in [0, 0.1) is 5.82 Å². The quantitative estimate of drug-likeness (QED) is 0.849. The molecule has 0 aliphatic rings. The minimum atomic E-state index is -0.238. The molecule has 88 valence electrons. The zero-order chi connectivity index (χ0) is 12.3. The fourth-order valence-corrected chi connectivity index (χ4v) is 1.91. The molecule has 2 aromatic carbocycles. The lowest BCUT2D eigenvalue weighted by molar-refractivity contribution is 0.627. The molecule has 0 fully saturated rings. The minimum absolute atomic E-state index is 0.238. The van der Waals surface area contributed by atoms with Gasteiger partial charge in [-0.3, -0.25) is 0 Å². The van der Waals surface area contributed by atoms with Gasteiger partial charge in [-0.15, -0.1) is 0 Å². The lowest BCUT2D eigenvalue weighted by Crippen LogP contribution is -1.99. The number of hydrogen-bond acceptors (Lipinski definition) is 1. The summed E-state index contributed by atoms with van der Waals surface area (Å²) < 4.78 is 12.7. The van der Waals surface area contributed by atoms with E-state index in [4.69, 9.17) is 23.2 Å². The van der Waals surface area contributed by atoms with Gasteiger partial charge >= 0.3 is 0 Å². The average molecular weight is 270 g/mol. The smallest absolute Gasteiger partial charge is 0.123 e. The third-order valence-electron chi connectivity index (χ3n) is 2.33. The van der Waals surface area contributed by atoms with Crippen LogP contribution in [0.2, 0.25) is 10.0 Å². The van der Waals surface area contributed by atoms with Crippen molar-refractivity contribution >= 4 is 28.9 Å². The highest BCUT2D eigenvalue weighted by molar-refractivity contribution is 6.36. The van der Waals surface area contributed by atoms with Crippen molar-refractivity contribution in [3.63, 3.8) is 0 Å². The maximum absolute atomic E-state index is 12.7. The third kappa shape index (κ3) is 3.35. The second-order valence-electron chi connectivity index (χ2n) is 3.60. The summed E-state index contributed by atoms with van der Waals surface area (Å²) in [5.41, 5.74) is 1.79. The highest BCUT2D eigenvalue weighted by atomic mass is 35.5. The second-order valence-corrected chi connectivity index (χ2v) is 4.45. The first-order chi connectivity index (χ1) is 8.15. The minimum Gasteiger partial charge on any atom is -0.380 e. The van der Waals surface area contributed by atoms with Crippen LogP contribution in [-0.2, 0) is 6.54 Å². The molecule has 1 N–H and O–H groups in total. The van der Waals surface area contributed by atoms with E-state index in [0.29, 0.717) is 16.6 Å². The van der Waals surface area contributed by atoms with Gasteiger partial charge in [0.15, 0.2) is 0 Å². The Labute approximate surface area is 109 Å². The van der Waals surface area contributed by atoms with Crippen molar-refractivity contribution in [2.75, 3.05) is 5.32 Å². The summed E-state index contributed by atoms with van der Waals surface area (Å²) in [6, 6.07) is 11.6. The van der Waals surface area contributed by atoms with E-state index in [1.165, 1.54) is 12.1 Å². The first-order valence-corrected chi connectivity index (χ1v) is 5.84. The molecule has 0 unspecified atom stereocenters. The molecule has 0 aromatic heterocycles. The van der Waals surface area contributed by atoms with E-state index >= 15 is 0 Å². The van der Waals surface area contributed by atoms with Gasteiger partial charge in [-0.05, 0) is 35.9 Å². The van der Waals surface area contributed by atoms with Crippen LogP contribution in [0.25, 0.3) is 0 Å². The van der Waals surface area contributed by atoms with Gasteiger partial charge in [0.2, 0.25) is 0 Å². The van der Waals surface area contributed by atoms with Crippen LogP contribution < -0.4 is 5.32 Å². The van der Waals surface area contributed by atoms with Crippen molar-refractivity contribution in [1.82, 2.24) is 0 Å². The van der Waals surface area contributed by atoms with Gasteiger partial charge < -0.3 is 5.32 Å². The van der Waals surface area contributed by atoms with Crippen LogP contribution in [0.15, 0.2) is 42.5 Å². The van der Waals surface area contributed by atoms with Crippen molar-refractivity contribution < 1.29 is 4.39 Å². The van der Waals surface area contributed by atoms with Crippen LogP contribution in [0.5, 0.6) is 0 Å². The predicted molar refractivity (Wildman–Crippen MR) is 70.2 cm³/mol. The molecule has 0 spiro atoms. The Bertz CT molecular complexity index is 511. The SMILES string of the molecule is Fc1ccc(CNc2ccc(Cl)cc2Cl)cc1. The van der Waals surface area contributed by atoms with Gasteiger partial charge in [0.1, 0.15) is 5.82 Å². The maximum Gasteiger partial charge on any atom is 0.123 e. The van der Waals surface area contributed by atoms with E-state index in [1.807, 2.05) is 6.07 Å². The predicted octanol–water partition coefficient (Wildman–Crippen LogP) is 4.74. The average Bonchev–Trinajstić information content (AvgIpc) is 2.30. The summed E-state index contributed by atoms with van der Waals surface area (Å²) in [6.45, 7) is 0.585. The Hall–Kier alpha value is -1.25. The lowest BCUT2D eigenvalue weighted by Gasteiger charge is -2.08. The molecule has 0 amide bonds. The van der Waals surface area contributed by atoms with Crippen molar-refractivity contribution in [1.29, 1.82) is 0 Å². The van der Waals surface area contributed by atoms with Crippen LogP contribution in [0.4, 0.5) is 10.1 Å². The highest BCUT2D eigenvalue weighted by Gasteiger charge is 2.01. The molecule has 0 aliphatic heterocycles. The third-order valence-corrected chi connectivity index (χ3v) is 2.88. The van der Waals surface area contributed by atoms with Crippen LogP contribution in [0.3, 0.4) is 0 Å². The van der Waals surface area contributed by atoms with Crippen molar-refractivity contribution in [3.05, 3.63) is 63.9 Å². The van der Waals surface area contributed by atoms with Gasteiger partial charge in [0.25, 0.3) is 0 Å². The maximum atomic E-state index is 12.7. The van der Waals surface area contributed by atoms with Crippen LogP contribution in [0.1, 0.15) is 5.56 Å². The topological polar surface area (TPSA) is 12.0 Å². The van der Waals surface area contributed by atoms with Crippen molar-refractivity contribution in [2.24, 2.45) is 0 Å². The van der Waals surface area contributed by atoms with Crippen LogP contribution in [-0.4, -0.2) is 0 Å². The molecular weight excluding hydrogens is 260 g/mol. The van der Waals surface area contributed by atoms with Gasteiger partial charge in [-0.1, -0.05) is 35.3 Å². The first-order valence-electron chi connectivity index (χ1n) is 5.08. The molecule has 0 saturated heterocycles. The molecule has 0 atom stereocenters. The van der Waals surface area contributed by atoms with Gasteiger partial charge in [-0.2, -0.15) is 0 Å². The van der Waals surface area contributed by atoms with Crippen LogP contribution >= 0.6 is 23.2 Å². The van der Waals surface area contributed by atoms with Gasteiger partial charge in [-0.25, -0.2) is 4.39 Å². The van der Waals surface area contributed by atoms with E-state index in [2.05, 4.69) is 5.32 Å². The molecule has 0 saturated carbocycles. The first kappa shape index (κ1) is 12.2. The number of halogens is 3. The van der Waals surface area contributed by atoms with E-state index in [-0.39, 0.29) is 5.82 Å². The molecular formula is C13H10Cl2FN. The second kappa shape index (κ2) is 5.39. The molecule has 4 heteroatoms. The normalized spacial score (nSPS) is 10.3. The standard InChI is InChI=1S/C13H10Cl2FN/c14-10-3-6-13(12(15)7-10)17-8-9-1-4-11(16)5-2-9/h1-7,17H,8H2. The summed E-state index contributed by atoms with van der Waals surface area (Å²) in [5, 5.41) is 4.33. The Morgan fingerprint density at radius 2 is 1.71 bits per heavy atom. The van der Waals surface area contributed by atoms with Crippen molar-refractivity contribution in [3.8, 4) is 0 Å². The van der Waals surface area contributed by atoms with E-state index < -0.39 is 0 Å². The lowest BCUT2D eigenvalue weighted by atomic mass is 10.2. The largest absolute Gasteiger partial charge is 0.380 e. The summed E-state index contributed by atoms with van der Waals surface area (Å²) in [5.74, 6) is -0.238. The molecule has 0 aliphatic carbocycles. The monoisotopic (exact) mass is 269 g/mol. The van der Waals surface area contributed by atoms with E-state index in [1.54, 1.807) is 24.3 Å².